The van der Waals surface area contributed by atoms with Gasteiger partial charge in [-0.15, -0.1) is 0 Å². The first kappa shape index (κ1) is 23.3. The van der Waals surface area contributed by atoms with Crippen LogP contribution in [0.1, 0.15) is 37.0 Å². The van der Waals surface area contributed by atoms with Crippen LogP contribution in [0.4, 0.5) is 0 Å². The number of aromatic amines is 1. The van der Waals surface area contributed by atoms with E-state index in [-0.39, 0.29) is 12.5 Å². The molecule has 1 N–H and O–H groups in total. The third kappa shape index (κ3) is 5.94. The number of hydrogen-bond donors (Lipinski definition) is 1. The van der Waals surface area contributed by atoms with Crippen molar-refractivity contribution in [3.8, 4) is 11.4 Å². The monoisotopic (exact) mass is 469 g/mol. The van der Waals surface area contributed by atoms with Crippen molar-refractivity contribution in [1.29, 1.82) is 0 Å². The Labute approximate surface area is 198 Å². The number of piperazine rings is 1. The lowest BCUT2D eigenvalue weighted by Gasteiger charge is -2.34. The van der Waals surface area contributed by atoms with E-state index < -0.39 is 0 Å². The van der Waals surface area contributed by atoms with Gasteiger partial charge in [0.05, 0.1) is 0 Å². The highest BCUT2D eigenvalue weighted by atomic mass is 32.1. The second-order valence-corrected chi connectivity index (χ2v) is 8.87. The molecule has 0 saturated carbocycles. The second-order valence-electron chi connectivity index (χ2n) is 8.48. The highest BCUT2D eigenvalue weighted by Gasteiger charge is 2.22. The van der Waals surface area contributed by atoms with Crippen LogP contribution in [0.25, 0.3) is 11.4 Å². The molecule has 0 unspecified atom stereocenters. The van der Waals surface area contributed by atoms with E-state index in [1.54, 1.807) is 0 Å². The van der Waals surface area contributed by atoms with Gasteiger partial charge in [0.15, 0.2) is 4.77 Å². The van der Waals surface area contributed by atoms with Gasteiger partial charge in [-0.1, -0.05) is 41.9 Å². The first-order chi connectivity index (χ1) is 16.0. The number of H-pyrrole nitrogens is 1. The highest BCUT2D eigenvalue weighted by molar-refractivity contribution is 7.71. The average Bonchev–Trinajstić information content (AvgIpc) is 3.43. The number of benzene rings is 1. The van der Waals surface area contributed by atoms with Gasteiger partial charge in [0.2, 0.25) is 17.6 Å². The van der Waals surface area contributed by atoms with Crippen LogP contribution in [0.5, 0.6) is 0 Å². The van der Waals surface area contributed by atoms with E-state index in [4.69, 9.17) is 16.7 Å². The van der Waals surface area contributed by atoms with E-state index in [0.717, 1.165) is 69.8 Å². The van der Waals surface area contributed by atoms with Crippen molar-refractivity contribution < 1.29 is 9.32 Å². The third-order valence-corrected chi connectivity index (χ3v) is 6.28. The number of nitrogens with one attached hydrogen (secondary N) is 1. The van der Waals surface area contributed by atoms with E-state index in [0.29, 0.717) is 16.5 Å². The van der Waals surface area contributed by atoms with Crippen LogP contribution in [-0.4, -0.2) is 73.3 Å². The predicted molar refractivity (Wildman–Crippen MR) is 127 cm³/mol. The van der Waals surface area contributed by atoms with E-state index >= 15 is 0 Å². The molecule has 9 nitrogen and oxygen atoms in total. The maximum Gasteiger partial charge on any atom is 0.242 e. The number of carbonyl (C=O) groups is 1. The van der Waals surface area contributed by atoms with Crippen LogP contribution in [0, 0.1) is 11.7 Å². The molecule has 1 fully saturated rings. The smallest absolute Gasteiger partial charge is 0.242 e. The number of carbonyl (C=O) groups excluding carboxylic acids is 1. The Morgan fingerprint density at radius 2 is 1.91 bits per heavy atom. The Hall–Kier alpha value is -2.85. The molecular weight excluding hydrogens is 438 g/mol. The molecule has 1 aliphatic heterocycles. The number of nitrogens with zero attached hydrogens (tertiary/aromatic N) is 6. The average molecular weight is 470 g/mol. The van der Waals surface area contributed by atoms with Gasteiger partial charge >= 0.3 is 0 Å². The molecule has 2 aromatic heterocycles. The maximum atomic E-state index is 12.8. The summed E-state index contributed by atoms with van der Waals surface area (Å²) in [5, 5.41) is 11.2. The first-order valence-electron chi connectivity index (χ1n) is 11.6. The topological polar surface area (TPSA) is 96.1 Å². The van der Waals surface area contributed by atoms with Gasteiger partial charge in [-0.25, -0.2) is 0 Å². The Morgan fingerprint density at radius 3 is 2.64 bits per heavy atom. The molecule has 1 amide bonds. The van der Waals surface area contributed by atoms with E-state index in [1.807, 2.05) is 33.7 Å². The van der Waals surface area contributed by atoms with Crippen LogP contribution >= 0.6 is 12.2 Å². The van der Waals surface area contributed by atoms with Crippen molar-refractivity contribution in [1.82, 2.24) is 34.7 Å². The van der Waals surface area contributed by atoms with Gasteiger partial charge in [-0.05, 0) is 38.5 Å². The fourth-order valence-corrected chi connectivity index (χ4v) is 4.23. The van der Waals surface area contributed by atoms with E-state index in [9.17, 15) is 4.79 Å². The fraction of sp³-hybridized carbons (Fsp3) is 0.522. The summed E-state index contributed by atoms with van der Waals surface area (Å²) in [5.74, 6) is 2.25. The van der Waals surface area contributed by atoms with Crippen molar-refractivity contribution in [2.75, 3.05) is 32.7 Å². The molecule has 33 heavy (non-hydrogen) atoms. The molecule has 1 aliphatic rings. The van der Waals surface area contributed by atoms with E-state index in [1.165, 1.54) is 5.56 Å². The lowest BCUT2D eigenvalue weighted by atomic mass is 10.1. The first-order valence-corrected chi connectivity index (χ1v) is 12.0. The minimum absolute atomic E-state index is 0.0963. The highest BCUT2D eigenvalue weighted by Crippen LogP contribution is 2.17. The summed E-state index contributed by atoms with van der Waals surface area (Å²) in [5.41, 5.74) is 2.17. The molecular formula is C23H31N7O2S. The zero-order chi connectivity index (χ0) is 23.2. The summed E-state index contributed by atoms with van der Waals surface area (Å²) in [6, 6.07) is 8.11. The second kappa shape index (κ2) is 10.8. The minimum atomic E-state index is 0.0963. The molecule has 1 saturated heterocycles. The Balaban J connectivity index is 1.20. The zero-order valence-corrected chi connectivity index (χ0v) is 20.1. The minimum Gasteiger partial charge on any atom is -0.339 e. The number of amides is 1. The van der Waals surface area contributed by atoms with Gasteiger partial charge in [0, 0.05) is 44.6 Å². The largest absolute Gasteiger partial charge is 0.339 e. The van der Waals surface area contributed by atoms with Crippen LogP contribution in [0.3, 0.4) is 0 Å². The van der Waals surface area contributed by atoms with Gasteiger partial charge in [-0.3, -0.25) is 19.4 Å². The number of aryl methyl sites for hydroxylation is 3. The summed E-state index contributed by atoms with van der Waals surface area (Å²) in [6.07, 6.45) is 3.45. The molecule has 176 valence electrons. The SMILES string of the molecule is CCCc1n[nH]c(=S)n1CC(=O)N1CCN(CCCc2nc(-c3ccc(C)cc3)no2)CC1. The molecule has 0 atom stereocenters. The maximum absolute atomic E-state index is 12.8. The molecule has 1 aromatic carbocycles. The van der Waals surface area contributed by atoms with Crippen LogP contribution in [0.2, 0.25) is 0 Å². The van der Waals surface area contributed by atoms with Crippen molar-refractivity contribution in [3.63, 3.8) is 0 Å². The Kier molecular flexibility index (Phi) is 7.66. The van der Waals surface area contributed by atoms with Crippen LogP contribution in [-0.2, 0) is 24.2 Å². The van der Waals surface area contributed by atoms with Gasteiger partial charge in [0.25, 0.3) is 0 Å². The Bertz CT molecular complexity index is 1110. The lowest BCUT2D eigenvalue weighted by Crippen LogP contribution is -2.49. The normalized spacial score (nSPS) is 14.7. The quantitative estimate of drug-likeness (QED) is 0.481. The molecule has 0 aliphatic carbocycles. The van der Waals surface area contributed by atoms with Crippen molar-refractivity contribution in [2.24, 2.45) is 0 Å². The van der Waals surface area contributed by atoms with Gasteiger partial charge < -0.3 is 9.42 Å². The van der Waals surface area contributed by atoms with E-state index in [2.05, 4.69) is 39.1 Å². The Morgan fingerprint density at radius 1 is 1.15 bits per heavy atom. The molecule has 0 bridgehead atoms. The number of aromatic nitrogens is 5. The van der Waals surface area contributed by atoms with Crippen LogP contribution in [0.15, 0.2) is 28.8 Å². The zero-order valence-electron chi connectivity index (χ0n) is 19.3. The molecule has 0 spiro atoms. The standard InChI is InChI=1S/C23H31N7O2S/c1-3-5-19-25-26-23(33)30(19)16-21(31)29-14-12-28(13-15-29)11-4-6-20-24-22(27-32-20)18-9-7-17(2)8-10-18/h7-10H,3-6,11-16H2,1-2H3,(H,26,33). The number of rotatable bonds is 9. The van der Waals surface area contributed by atoms with Gasteiger partial charge in [0.1, 0.15) is 12.4 Å². The fourth-order valence-electron chi connectivity index (χ4n) is 4.01. The predicted octanol–water partition coefficient (Wildman–Crippen LogP) is 3.03. The van der Waals surface area contributed by atoms with Crippen molar-refractivity contribution in [2.45, 2.75) is 46.1 Å². The molecule has 3 heterocycles. The molecule has 0 radical (unpaired) electrons. The summed E-state index contributed by atoms with van der Waals surface area (Å²) >= 11 is 5.30. The third-order valence-electron chi connectivity index (χ3n) is 5.97. The molecule has 10 heteroatoms. The van der Waals surface area contributed by atoms with Gasteiger partial charge in [-0.2, -0.15) is 10.1 Å². The van der Waals surface area contributed by atoms with Crippen molar-refractivity contribution in [3.05, 3.63) is 46.3 Å². The molecule has 3 aromatic rings. The summed E-state index contributed by atoms with van der Waals surface area (Å²) in [7, 11) is 0. The van der Waals surface area contributed by atoms with Crippen LogP contribution < -0.4 is 0 Å². The molecule has 4 rings (SSSR count). The number of hydrogen-bond acceptors (Lipinski definition) is 7. The van der Waals surface area contributed by atoms with Crippen molar-refractivity contribution >= 4 is 18.1 Å². The summed E-state index contributed by atoms with van der Waals surface area (Å²) in [6.45, 7) is 8.52. The lowest BCUT2D eigenvalue weighted by molar-refractivity contribution is -0.133. The summed E-state index contributed by atoms with van der Waals surface area (Å²) < 4.78 is 7.76. The summed E-state index contributed by atoms with van der Waals surface area (Å²) in [4.78, 5) is 21.6.